The van der Waals surface area contributed by atoms with Gasteiger partial charge in [0, 0.05) is 6.04 Å². The van der Waals surface area contributed by atoms with Crippen molar-refractivity contribution < 1.29 is 9.90 Å². The first-order chi connectivity index (χ1) is 9.06. The zero-order valence-electron chi connectivity index (χ0n) is 11.6. The molecule has 0 amide bonds. The van der Waals surface area contributed by atoms with E-state index in [2.05, 4.69) is 19.2 Å². The summed E-state index contributed by atoms with van der Waals surface area (Å²) in [7, 11) is 0. The van der Waals surface area contributed by atoms with E-state index >= 15 is 0 Å². The summed E-state index contributed by atoms with van der Waals surface area (Å²) in [5.74, 6) is -0.994. The van der Waals surface area contributed by atoms with E-state index in [1.54, 1.807) is 18.2 Å². The van der Waals surface area contributed by atoms with Gasteiger partial charge in [-0.2, -0.15) is 0 Å². The minimum absolute atomic E-state index is 0.157. The van der Waals surface area contributed by atoms with Crippen LogP contribution in [0.5, 0.6) is 0 Å². The summed E-state index contributed by atoms with van der Waals surface area (Å²) in [6, 6.07) is 5.37. The van der Waals surface area contributed by atoms with Crippen LogP contribution < -0.4 is 5.32 Å². The van der Waals surface area contributed by atoms with Gasteiger partial charge in [0.1, 0.15) is 5.56 Å². The molecular formula is C15H22ClNO2. The molecule has 2 N–H and O–H groups in total. The molecule has 0 aliphatic carbocycles. The lowest BCUT2D eigenvalue weighted by Crippen LogP contribution is -2.17. The molecule has 4 heteroatoms. The third-order valence-electron chi connectivity index (χ3n) is 3.12. The van der Waals surface area contributed by atoms with E-state index in [0.717, 1.165) is 12.8 Å². The van der Waals surface area contributed by atoms with Crippen LogP contribution in [0.25, 0.3) is 0 Å². The van der Waals surface area contributed by atoms with Crippen LogP contribution in [0.1, 0.15) is 56.3 Å². The molecule has 1 aromatic rings. The summed E-state index contributed by atoms with van der Waals surface area (Å²) >= 11 is 5.93. The zero-order valence-corrected chi connectivity index (χ0v) is 12.3. The summed E-state index contributed by atoms with van der Waals surface area (Å²) in [6.45, 7) is 4.26. The van der Waals surface area contributed by atoms with Gasteiger partial charge in [0.25, 0.3) is 0 Å². The van der Waals surface area contributed by atoms with Crippen LogP contribution >= 0.6 is 11.6 Å². The molecule has 3 nitrogen and oxygen atoms in total. The zero-order chi connectivity index (χ0) is 14.3. The predicted molar refractivity (Wildman–Crippen MR) is 80.3 cm³/mol. The largest absolute Gasteiger partial charge is 0.478 e. The van der Waals surface area contributed by atoms with Crippen molar-refractivity contribution >= 4 is 23.3 Å². The van der Waals surface area contributed by atoms with Gasteiger partial charge in [-0.1, -0.05) is 50.3 Å². The van der Waals surface area contributed by atoms with Crippen molar-refractivity contribution in [3.05, 3.63) is 28.8 Å². The van der Waals surface area contributed by atoms with Gasteiger partial charge in [0.2, 0.25) is 0 Å². The lowest BCUT2D eigenvalue weighted by Gasteiger charge is -2.17. The maximum atomic E-state index is 11.2. The average molecular weight is 284 g/mol. The van der Waals surface area contributed by atoms with E-state index in [9.17, 15) is 9.90 Å². The van der Waals surface area contributed by atoms with Gasteiger partial charge in [-0.05, 0) is 25.5 Å². The van der Waals surface area contributed by atoms with Gasteiger partial charge in [0.15, 0.2) is 0 Å². The molecule has 0 spiro atoms. The molecule has 1 atom stereocenters. The van der Waals surface area contributed by atoms with Gasteiger partial charge in [-0.15, -0.1) is 0 Å². The van der Waals surface area contributed by atoms with E-state index in [4.69, 9.17) is 11.6 Å². The summed E-state index contributed by atoms with van der Waals surface area (Å²) < 4.78 is 0. The standard InChI is InChI=1S/C15H22ClNO2/c1-3-4-5-6-8-11(2)17-13-10-7-9-12(16)14(13)15(18)19/h7,9-11,17H,3-6,8H2,1-2H3,(H,18,19). The number of benzene rings is 1. The van der Waals surface area contributed by atoms with Crippen molar-refractivity contribution in [1.29, 1.82) is 0 Å². The van der Waals surface area contributed by atoms with Crippen molar-refractivity contribution in [3.8, 4) is 0 Å². The number of rotatable bonds is 8. The highest BCUT2D eigenvalue weighted by atomic mass is 35.5. The first-order valence-corrected chi connectivity index (χ1v) is 7.22. The number of hydrogen-bond donors (Lipinski definition) is 2. The van der Waals surface area contributed by atoms with E-state index in [0.29, 0.717) is 5.69 Å². The first kappa shape index (κ1) is 15.8. The molecule has 0 heterocycles. The molecule has 0 radical (unpaired) electrons. The molecule has 0 saturated carbocycles. The average Bonchev–Trinajstić information content (AvgIpc) is 2.34. The first-order valence-electron chi connectivity index (χ1n) is 6.84. The van der Waals surface area contributed by atoms with E-state index in [1.165, 1.54) is 19.3 Å². The van der Waals surface area contributed by atoms with Gasteiger partial charge in [-0.25, -0.2) is 4.79 Å². The number of carbonyl (C=O) groups is 1. The second kappa shape index (κ2) is 8.05. The number of anilines is 1. The fourth-order valence-corrected chi connectivity index (χ4v) is 2.33. The van der Waals surface area contributed by atoms with Gasteiger partial charge < -0.3 is 10.4 Å². The van der Waals surface area contributed by atoms with Crippen LogP contribution in [0.4, 0.5) is 5.69 Å². The second-order valence-corrected chi connectivity index (χ2v) is 5.27. The van der Waals surface area contributed by atoms with Crippen molar-refractivity contribution in [1.82, 2.24) is 0 Å². The van der Waals surface area contributed by atoms with Crippen molar-refractivity contribution in [2.45, 2.75) is 52.0 Å². The minimum atomic E-state index is -0.994. The summed E-state index contributed by atoms with van der Waals surface area (Å²) in [6.07, 6.45) is 5.89. The number of hydrogen-bond acceptors (Lipinski definition) is 2. The van der Waals surface area contributed by atoms with Crippen LogP contribution in [0, 0.1) is 0 Å². The molecule has 0 bridgehead atoms. The highest BCUT2D eigenvalue weighted by molar-refractivity contribution is 6.34. The summed E-state index contributed by atoms with van der Waals surface area (Å²) in [5, 5.41) is 12.7. The van der Waals surface area contributed by atoms with Crippen molar-refractivity contribution in [2.24, 2.45) is 0 Å². The Kier molecular flexibility index (Phi) is 6.71. The molecule has 1 unspecified atom stereocenters. The Morgan fingerprint density at radius 2 is 2.11 bits per heavy atom. The molecule has 19 heavy (non-hydrogen) atoms. The molecule has 0 saturated heterocycles. The van der Waals surface area contributed by atoms with Crippen LogP contribution in [0.15, 0.2) is 18.2 Å². The predicted octanol–water partition coefficient (Wildman–Crippen LogP) is 4.81. The maximum Gasteiger partial charge on any atom is 0.339 e. The topological polar surface area (TPSA) is 49.3 Å². The number of nitrogens with one attached hydrogen (secondary N) is 1. The number of unbranched alkanes of at least 4 members (excludes halogenated alkanes) is 3. The minimum Gasteiger partial charge on any atom is -0.478 e. The van der Waals surface area contributed by atoms with Crippen LogP contribution in [-0.4, -0.2) is 17.1 Å². The lowest BCUT2D eigenvalue weighted by molar-refractivity contribution is 0.0698. The van der Waals surface area contributed by atoms with E-state index in [-0.39, 0.29) is 16.6 Å². The van der Waals surface area contributed by atoms with Crippen LogP contribution in [-0.2, 0) is 0 Å². The van der Waals surface area contributed by atoms with Crippen LogP contribution in [0.2, 0.25) is 5.02 Å². The molecule has 1 aromatic carbocycles. The Balaban J connectivity index is 2.61. The Hall–Kier alpha value is -1.22. The SMILES string of the molecule is CCCCCCC(C)Nc1cccc(Cl)c1C(=O)O. The molecule has 0 aliphatic heterocycles. The Morgan fingerprint density at radius 3 is 2.74 bits per heavy atom. The lowest BCUT2D eigenvalue weighted by atomic mass is 10.1. The Bertz CT molecular complexity index is 421. The fraction of sp³-hybridized carbons (Fsp3) is 0.533. The molecular weight excluding hydrogens is 262 g/mol. The van der Waals surface area contributed by atoms with Crippen molar-refractivity contribution in [3.63, 3.8) is 0 Å². The fourth-order valence-electron chi connectivity index (χ4n) is 2.08. The van der Waals surface area contributed by atoms with Gasteiger partial charge in [0.05, 0.1) is 10.7 Å². The number of aromatic carboxylic acids is 1. The quantitative estimate of drug-likeness (QED) is 0.673. The smallest absolute Gasteiger partial charge is 0.339 e. The van der Waals surface area contributed by atoms with E-state index in [1.807, 2.05) is 0 Å². The number of carboxylic acid groups (broad SMARTS) is 1. The second-order valence-electron chi connectivity index (χ2n) is 4.86. The molecule has 106 valence electrons. The Labute approximate surface area is 120 Å². The van der Waals surface area contributed by atoms with Gasteiger partial charge in [-0.3, -0.25) is 0 Å². The van der Waals surface area contributed by atoms with Gasteiger partial charge >= 0.3 is 5.97 Å². The highest BCUT2D eigenvalue weighted by Gasteiger charge is 2.15. The third kappa shape index (κ3) is 5.11. The number of halogens is 1. The monoisotopic (exact) mass is 283 g/mol. The molecule has 0 aromatic heterocycles. The third-order valence-corrected chi connectivity index (χ3v) is 3.44. The molecule has 1 rings (SSSR count). The maximum absolute atomic E-state index is 11.2. The normalized spacial score (nSPS) is 12.2. The summed E-state index contributed by atoms with van der Waals surface area (Å²) in [4.78, 5) is 11.2. The Morgan fingerprint density at radius 1 is 1.37 bits per heavy atom. The van der Waals surface area contributed by atoms with Crippen LogP contribution in [0.3, 0.4) is 0 Å². The molecule has 0 aliphatic rings. The summed E-state index contributed by atoms with van der Waals surface area (Å²) in [5.41, 5.74) is 0.757. The number of carboxylic acids is 1. The highest BCUT2D eigenvalue weighted by Crippen LogP contribution is 2.25. The van der Waals surface area contributed by atoms with Crippen molar-refractivity contribution in [2.75, 3.05) is 5.32 Å². The van der Waals surface area contributed by atoms with E-state index < -0.39 is 5.97 Å². The molecule has 0 fully saturated rings.